The van der Waals surface area contributed by atoms with Gasteiger partial charge in [-0.2, -0.15) is 4.98 Å². The number of aromatic nitrogens is 2. The summed E-state index contributed by atoms with van der Waals surface area (Å²) in [5.41, 5.74) is 1.23. The van der Waals surface area contributed by atoms with Crippen LogP contribution in [0.25, 0.3) is 10.9 Å². The highest BCUT2D eigenvalue weighted by atomic mass is 35.5. The molecule has 224 valence electrons. The van der Waals surface area contributed by atoms with Gasteiger partial charge < -0.3 is 34.5 Å². The number of amides is 3. The number of carbonyl (C=O) groups is 2. The van der Waals surface area contributed by atoms with Crippen LogP contribution in [0.3, 0.4) is 0 Å². The molecule has 2 fully saturated rings. The zero-order valence-electron chi connectivity index (χ0n) is 23.6. The van der Waals surface area contributed by atoms with E-state index in [-0.39, 0.29) is 11.7 Å². The van der Waals surface area contributed by atoms with Gasteiger partial charge in [0, 0.05) is 67.5 Å². The quantitative estimate of drug-likeness (QED) is 0.336. The predicted molar refractivity (Wildman–Crippen MR) is 159 cm³/mol. The molecule has 2 aliphatic heterocycles. The van der Waals surface area contributed by atoms with Gasteiger partial charge in [-0.05, 0) is 24.3 Å². The van der Waals surface area contributed by atoms with Crippen LogP contribution < -0.4 is 30.3 Å². The Morgan fingerprint density at radius 1 is 0.952 bits per heavy atom. The molecule has 2 aromatic carbocycles. The van der Waals surface area contributed by atoms with Gasteiger partial charge >= 0.3 is 6.03 Å². The predicted octanol–water partition coefficient (Wildman–Crippen LogP) is 2.84. The molecular weight excluding hydrogens is 566 g/mol. The maximum atomic E-state index is 13.2. The van der Waals surface area contributed by atoms with E-state index >= 15 is 0 Å². The summed E-state index contributed by atoms with van der Waals surface area (Å²) in [6.07, 6.45) is 0. The van der Waals surface area contributed by atoms with Crippen LogP contribution in [-0.4, -0.2) is 107 Å². The SMILES string of the molecule is CNC(=O)c1cc(Cl)cc(NC(=O)Nc2nc(N3CCOCC3)nc3cc(OC)c(OCCN4CCOCC4)cc23)c1. The van der Waals surface area contributed by atoms with Gasteiger partial charge in [-0.3, -0.25) is 15.0 Å². The summed E-state index contributed by atoms with van der Waals surface area (Å²) in [6.45, 7) is 6.64. The molecule has 2 aliphatic rings. The molecule has 3 heterocycles. The Bertz CT molecular complexity index is 1430. The number of carbonyl (C=O) groups excluding carboxylic acids is 2. The topological polar surface area (TPSA) is 139 Å². The van der Waals surface area contributed by atoms with E-state index in [1.807, 2.05) is 4.90 Å². The molecule has 0 bridgehead atoms. The van der Waals surface area contributed by atoms with Crippen molar-refractivity contribution in [3.63, 3.8) is 0 Å². The molecule has 0 saturated carbocycles. The van der Waals surface area contributed by atoms with E-state index in [0.717, 1.165) is 19.6 Å². The zero-order valence-corrected chi connectivity index (χ0v) is 24.3. The third kappa shape index (κ3) is 7.29. The number of anilines is 3. The third-order valence-electron chi connectivity index (χ3n) is 6.91. The summed E-state index contributed by atoms with van der Waals surface area (Å²) >= 11 is 6.19. The number of hydrogen-bond donors (Lipinski definition) is 3. The van der Waals surface area contributed by atoms with Gasteiger partial charge in [0.05, 0.1) is 39.1 Å². The lowest BCUT2D eigenvalue weighted by molar-refractivity contribution is 0.0321. The molecule has 0 aliphatic carbocycles. The minimum absolute atomic E-state index is 0.285. The molecule has 0 atom stereocenters. The summed E-state index contributed by atoms with van der Waals surface area (Å²) in [5.74, 6) is 1.44. The first-order valence-corrected chi connectivity index (χ1v) is 14.1. The average Bonchev–Trinajstić information content (AvgIpc) is 3.01. The second-order valence-electron chi connectivity index (χ2n) is 9.68. The van der Waals surface area contributed by atoms with E-state index in [4.69, 9.17) is 40.5 Å². The number of urea groups is 1. The van der Waals surface area contributed by atoms with Crippen molar-refractivity contribution in [2.45, 2.75) is 0 Å². The van der Waals surface area contributed by atoms with E-state index in [1.54, 1.807) is 25.3 Å². The molecule has 5 rings (SSSR count). The maximum absolute atomic E-state index is 13.2. The molecular formula is C28H34ClN7O6. The van der Waals surface area contributed by atoms with Crippen LogP contribution in [0.4, 0.5) is 22.2 Å². The first-order valence-electron chi connectivity index (χ1n) is 13.7. The number of rotatable bonds is 9. The molecule has 3 aromatic rings. The highest BCUT2D eigenvalue weighted by Crippen LogP contribution is 2.35. The fraction of sp³-hybridized carbons (Fsp3) is 0.429. The first-order chi connectivity index (χ1) is 20.4. The monoisotopic (exact) mass is 599 g/mol. The fourth-order valence-electron chi connectivity index (χ4n) is 4.71. The molecule has 3 N–H and O–H groups in total. The fourth-order valence-corrected chi connectivity index (χ4v) is 4.95. The van der Waals surface area contributed by atoms with Gasteiger partial charge in [0.25, 0.3) is 5.91 Å². The average molecular weight is 600 g/mol. The molecule has 1 aromatic heterocycles. The maximum Gasteiger partial charge on any atom is 0.324 e. The molecule has 0 radical (unpaired) electrons. The van der Waals surface area contributed by atoms with Crippen LogP contribution in [0.5, 0.6) is 11.5 Å². The highest BCUT2D eigenvalue weighted by molar-refractivity contribution is 6.31. The van der Waals surface area contributed by atoms with Crippen molar-refractivity contribution in [1.29, 1.82) is 0 Å². The Balaban J connectivity index is 1.43. The second-order valence-corrected chi connectivity index (χ2v) is 10.1. The summed E-state index contributed by atoms with van der Waals surface area (Å²) in [4.78, 5) is 39.1. The van der Waals surface area contributed by atoms with Crippen molar-refractivity contribution >= 4 is 51.9 Å². The van der Waals surface area contributed by atoms with Crippen molar-refractivity contribution in [2.24, 2.45) is 0 Å². The molecule has 2 saturated heterocycles. The van der Waals surface area contributed by atoms with E-state index in [9.17, 15) is 9.59 Å². The van der Waals surface area contributed by atoms with Gasteiger partial charge in [-0.1, -0.05) is 11.6 Å². The number of benzene rings is 2. The van der Waals surface area contributed by atoms with Crippen LogP contribution in [0.1, 0.15) is 10.4 Å². The smallest absolute Gasteiger partial charge is 0.324 e. The lowest BCUT2D eigenvalue weighted by atomic mass is 10.2. The van der Waals surface area contributed by atoms with Gasteiger partial charge in [-0.25, -0.2) is 9.78 Å². The van der Waals surface area contributed by atoms with Crippen molar-refractivity contribution in [3.05, 3.63) is 40.9 Å². The van der Waals surface area contributed by atoms with Crippen LogP contribution in [0.15, 0.2) is 30.3 Å². The lowest BCUT2D eigenvalue weighted by Crippen LogP contribution is -2.38. The van der Waals surface area contributed by atoms with Gasteiger partial charge in [0.1, 0.15) is 12.4 Å². The summed E-state index contributed by atoms with van der Waals surface area (Å²) in [7, 11) is 3.09. The molecule has 3 amide bonds. The number of methoxy groups -OCH3 is 1. The molecule has 0 unspecified atom stereocenters. The number of fused-ring (bicyclic) bond motifs is 1. The molecule has 42 heavy (non-hydrogen) atoms. The van der Waals surface area contributed by atoms with Crippen molar-refractivity contribution in [3.8, 4) is 11.5 Å². The van der Waals surface area contributed by atoms with E-state index < -0.39 is 6.03 Å². The zero-order chi connectivity index (χ0) is 29.5. The Morgan fingerprint density at radius 2 is 1.69 bits per heavy atom. The van der Waals surface area contributed by atoms with Crippen LogP contribution in [0.2, 0.25) is 5.02 Å². The Hall–Kier alpha value is -3.91. The number of ether oxygens (including phenoxy) is 4. The Morgan fingerprint density at radius 3 is 2.40 bits per heavy atom. The van der Waals surface area contributed by atoms with Crippen LogP contribution in [0, 0.1) is 0 Å². The van der Waals surface area contributed by atoms with Gasteiger partial charge in [0.2, 0.25) is 5.95 Å². The largest absolute Gasteiger partial charge is 0.493 e. The van der Waals surface area contributed by atoms with E-state index in [1.165, 1.54) is 19.2 Å². The second kappa shape index (κ2) is 13.8. The molecule has 14 heteroatoms. The van der Waals surface area contributed by atoms with Crippen molar-refractivity contribution in [2.75, 3.05) is 95.4 Å². The normalized spacial score (nSPS) is 15.7. The highest BCUT2D eigenvalue weighted by Gasteiger charge is 2.21. The van der Waals surface area contributed by atoms with Crippen LogP contribution >= 0.6 is 11.6 Å². The molecule has 0 spiro atoms. The summed E-state index contributed by atoms with van der Waals surface area (Å²) in [6, 6.07) is 7.58. The van der Waals surface area contributed by atoms with Crippen molar-refractivity contribution < 1.29 is 28.5 Å². The first kappa shape index (κ1) is 29.6. The van der Waals surface area contributed by atoms with Crippen LogP contribution in [-0.2, 0) is 9.47 Å². The summed E-state index contributed by atoms with van der Waals surface area (Å²) in [5, 5.41) is 9.01. The third-order valence-corrected chi connectivity index (χ3v) is 7.13. The lowest BCUT2D eigenvalue weighted by Gasteiger charge is -2.27. The van der Waals surface area contributed by atoms with Gasteiger partial charge in [-0.15, -0.1) is 0 Å². The van der Waals surface area contributed by atoms with Crippen molar-refractivity contribution in [1.82, 2.24) is 20.2 Å². The number of nitrogens with zero attached hydrogens (tertiary/aromatic N) is 4. The standard InChI is InChI=1S/C28H34ClN7O6/c1-30-26(37)18-13-19(29)15-20(14-18)31-28(38)34-25-21-16-24(42-12-5-35-3-8-40-9-4-35)23(39-2)17-22(21)32-27(33-25)36-6-10-41-11-7-36/h13-17H,3-12H2,1-2H3,(H,30,37)(H2,31,32,33,34,38). The number of hydrogen-bond acceptors (Lipinski definition) is 10. The molecule has 13 nitrogen and oxygen atoms in total. The number of morpholine rings is 2. The Kier molecular flexibility index (Phi) is 9.74. The van der Waals surface area contributed by atoms with E-state index in [0.29, 0.717) is 90.7 Å². The number of nitrogens with one attached hydrogen (secondary N) is 3. The summed E-state index contributed by atoms with van der Waals surface area (Å²) < 4.78 is 22.7. The van der Waals surface area contributed by atoms with E-state index in [2.05, 4.69) is 20.9 Å². The number of halogens is 1. The van der Waals surface area contributed by atoms with Gasteiger partial charge in [0.15, 0.2) is 11.5 Å². The minimum Gasteiger partial charge on any atom is -0.493 e. The Labute approximate surface area is 248 Å². The minimum atomic E-state index is -0.571.